The number of nitro benzene ring substituents is 1. The third-order valence-electron chi connectivity index (χ3n) is 2.70. The van der Waals surface area contributed by atoms with E-state index in [2.05, 4.69) is 28.2 Å². The average molecular weight is 317 g/mol. The van der Waals surface area contributed by atoms with Crippen LogP contribution in [0, 0.1) is 17.0 Å². The monoisotopic (exact) mass is 316 g/mol. The Bertz CT molecular complexity index is 438. The normalized spacial score (nSPS) is 12.2. The first-order valence-electron chi connectivity index (χ1n) is 5.69. The fraction of sp³-hybridized carbons (Fsp3) is 0.500. The van der Waals surface area contributed by atoms with Crippen LogP contribution >= 0.6 is 15.9 Å². The highest BCUT2D eigenvalue weighted by atomic mass is 79.9. The van der Waals surface area contributed by atoms with Gasteiger partial charge in [0.1, 0.15) is 0 Å². The van der Waals surface area contributed by atoms with Gasteiger partial charge in [-0.1, -0.05) is 6.92 Å². The Morgan fingerprint density at radius 2 is 2.22 bits per heavy atom. The van der Waals surface area contributed by atoms with Crippen LogP contribution in [0.15, 0.2) is 16.6 Å². The van der Waals surface area contributed by atoms with E-state index in [9.17, 15) is 10.1 Å². The van der Waals surface area contributed by atoms with Crippen molar-refractivity contribution in [2.24, 2.45) is 0 Å². The van der Waals surface area contributed by atoms with Crippen LogP contribution in [0.5, 0.6) is 0 Å². The summed E-state index contributed by atoms with van der Waals surface area (Å²) < 4.78 is 5.80. The molecule has 0 heterocycles. The highest BCUT2D eigenvalue weighted by molar-refractivity contribution is 9.10. The van der Waals surface area contributed by atoms with Crippen LogP contribution in [0.3, 0.4) is 0 Å². The van der Waals surface area contributed by atoms with Crippen molar-refractivity contribution >= 4 is 27.3 Å². The number of anilines is 1. The van der Waals surface area contributed by atoms with Gasteiger partial charge in [-0.25, -0.2) is 0 Å². The highest BCUT2D eigenvalue weighted by Crippen LogP contribution is 2.31. The summed E-state index contributed by atoms with van der Waals surface area (Å²) in [5.41, 5.74) is 1.60. The van der Waals surface area contributed by atoms with Gasteiger partial charge >= 0.3 is 0 Å². The Morgan fingerprint density at radius 3 is 2.72 bits per heavy atom. The van der Waals surface area contributed by atoms with Crippen molar-refractivity contribution in [2.75, 3.05) is 19.0 Å². The molecule has 5 nitrogen and oxygen atoms in total. The van der Waals surface area contributed by atoms with Crippen molar-refractivity contribution < 1.29 is 9.66 Å². The zero-order valence-corrected chi connectivity index (χ0v) is 12.3. The molecule has 1 rings (SSSR count). The van der Waals surface area contributed by atoms with Crippen LogP contribution in [0.4, 0.5) is 11.4 Å². The van der Waals surface area contributed by atoms with Crippen LogP contribution in [0.25, 0.3) is 0 Å². The van der Waals surface area contributed by atoms with Crippen molar-refractivity contribution in [3.63, 3.8) is 0 Å². The quantitative estimate of drug-likeness (QED) is 0.644. The summed E-state index contributed by atoms with van der Waals surface area (Å²) in [7, 11) is 1.65. The molecule has 0 aliphatic heterocycles. The number of hydrogen-bond donors (Lipinski definition) is 1. The molecule has 1 atom stereocenters. The largest absolute Gasteiger partial charge is 0.383 e. The molecule has 100 valence electrons. The number of benzene rings is 1. The number of nitrogens with one attached hydrogen (secondary N) is 1. The second kappa shape index (κ2) is 6.70. The van der Waals surface area contributed by atoms with E-state index < -0.39 is 0 Å². The maximum atomic E-state index is 10.8. The number of nitro groups is 1. The molecule has 0 amide bonds. The van der Waals surface area contributed by atoms with Gasteiger partial charge in [0.25, 0.3) is 5.69 Å². The minimum absolute atomic E-state index is 0.118. The summed E-state index contributed by atoms with van der Waals surface area (Å²) in [6.07, 6.45) is 0.913. The molecular formula is C12H17BrN2O3. The molecule has 18 heavy (non-hydrogen) atoms. The van der Waals surface area contributed by atoms with Gasteiger partial charge in [-0.3, -0.25) is 10.1 Å². The number of halogens is 1. The molecule has 1 aromatic carbocycles. The molecular weight excluding hydrogens is 300 g/mol. The molecule has 0 radical (unpaired) electrons. The van der Waals surface area contributed by atoms with E-state index in [0.29, 0.717) is 16.6 Å². The smallest absolute Gasteiger partial charge is 0.273 e. The molecule has 0 spiro atoms. The summed E-state index contributed by atoms with van der Waals surface area (Å²) >= 11 is 3.35. The molecule has 0 saturated carbocycles. The Labute approximate surface area is 115 Å². The lowest BCUT2D eigenvalue weighted by Crippen LogP contribution is -2.24. The fourth-order valence-electron chi connectivity index (χ4n) is 1.66. The summed E-state index contributed by atoms with van der Waals surface area (Å²) in [4.78, 5) is 10.4. The van der Waals surface area contributed by atoms with Gasteiger partial charge in [-0.2, -0.15) is 0 Å². The molecule has 0 aliphatic rings. The number of nitrogens with zero attached hydrogens (tertiary/aromatic N) is 1. The molecule has 1 N–H and O–H groups in total. The standard InChI is InChI=1S/C12H17BrN2O3/c1-4-9(7-18-3)14-11-5-8(2)12(15(16)17)6-10(11)13/h5-6,9,14H,4,7H2,1-3H3. The van der Waals surface area contributed by atoms with E-state index in [1.165, 1.54) is 6.07 Å². The van der Waals surface area contributed by atoms with E-state index >= 15 is 0 Å². The molecule has 0 fully saturated rings. The van der Waals surface area contributed by atoms with E-state index in [1.807, 2.05) is 0 Å². The van der Waals surface area contributed by atoms with Gasteiger partial charge in [0.05, 0.1) is 11.5 Å². The third-order valence-corrected chi connectivity index (χ3v) is 3.36. The topological polar surface area (TPSA) is 64.4 Å². The van der Waals surface area contributed by atoms with Crippen molar-refractivity contribution in [1.29, 1.82) is 0 Å². The third kappa shape index (κ3) is 3.68. The summed E-state index contributed by atoms with van der Waals surface area (Å²) in [5, 5.41) is 14.1. The molecule has 0 aliphatic carbocycles. The lowest BCUT2D eigenvalue weighted by molar-refractivity contribution is -0.385. The minimum Gasteiger partial charge on any atom is -0.383 e. The van der Waals surface area contributed by atoms with Crippen molar-refractivity contribution in [3.05, 3.63) is 32.3 Å². The van der Waals surface area contributed by atoms with Crippen LogP contribution < -0.4 is 5.32 Å². The second-order valence-electron chi connectivity index (χ2n) is 4.08. The Hall–Kier alpha value is -1.14. The molecule has 6 heteroatoms. The minimum atomic E-state index is -0.379. The number of aryl methyl sites for hydroxylation is 1. The van der Waals surface area contributed by atoms with Gasteiger partial charge in [0.15, 0.2) is 0 Å². The van der Waals surface area contributed by atoms with Crippen LogP contribution in [0.1, 0.15) is 18.9 Å². The summed E-state index contributed by atoms with van der Waals surface area (Å²) in [6.45, 7) is 4.38. The maximum Gasteiger partial charge on any atom is 0.273 e. The first-order chi connectivity index (χ1) is 8.49. The fourth-order valence-corrected chi connectivity index (χ4v) is 2.11. The van der Waals surface area contributed by atoms with Crippen molar-refractivity contribution in [2.45, 2.75) is 26.3 Å². The summed E-state index contributed by atoms with van der Waals surface area (Å²) in [6, 6.07) is 3.49. The first kappa shape index (κ1) is 14.9. The lowest BCUT2D eigenvalue weighted by atomic mass is 10.1. The van der Waals surface area contributed by atoms with Gasteiger partial charge in [-0.05, 0) is 35.3 Å². The molecule has 0 saturated heterocycles. The zero-order chi connectivity index (χ0) is 13.7. The average Bonchev–Trinajstić information content (AvgIpc) is 2.32. The Kier molecular flexibility index (Phi) is 5.55. The number of methoxy groups -OCH3 is 1. The summed E-state index contributed by atoms with van der Waals surface area (Å²) in [5.74, 6) is 0. The van der Waals surface area contributed by atoms with Gasteiger partial charge < -0.3 is 10.1 Å². The SMILES string of the molecule is CCC(COC)Nc1cc(C)c([N+](=O)[O-])cc1Br. The van der Waals surface area contributed by atoms with Crippen molar-refractivity contribution in [3.8, 4) is 0 Å². The second-order valence-corrected chi connectivity index (χ2v) is 4.93. The Balaban J connectivity index is 2.97. The zero-order valence-electron chi connectivity index (χ0n) is 10.7. The first-order valence-corrected chi connectivity index (χ1v) is 6.48. The number of ether oxygens (including phenoxy) is 1. The van der Waals surface area contributed by atoms with Crippen LogP contribution in [0.2, 0.25) is 0 Å². The predicted molar refractivity (Wildman–Crippen MR) is 75.1 cm³/mol. The predicted octanol–water partition coefficient (Wildman–Crippen LogP) is 3.50. The highest BCUT2D eigenvalue weighted by Gasteiger charge is 2.15. The van der Waals surface area contributed by atoms with Crippen LogP contribution in [-0.2, 0) is 4.74 Å². The van der Waals surface area contributed by atoms with Crippen LogP contribution in [-0.4, -0.2) is 24.7 Å². The van der Waals surface area contributed by atoms with Gasteiger partial charge in [0, 0.05) is 34.9 Å². The lowest BCUT2D eigenvalue weighted by Gasteiger charge is -2.18. The molecule has 0 aromatic heterocycles. The Morgan fingerprint density at radius 1 is 1.56 bits per heavy atom. The number of hydrogen-bond acceptors (Lipinski definition) is 4. The molecule has 1 unspecified atom stereocenters. The van der Waals surface area contributed by atoms with Gasteiger partial charge in [0.2, 0.25) is 0 Å². The van der Waals surface area contributed by atoms with Gasteiger partial charge in [-0.15, -0.1) is 0 Å². The van der Waals surface area contributed by atoms with E-state index in [1.54, 1.807) is 20.1 Å². The number of rotatable bonds is 6. The van der Waals surface area contributed by atoms with Crippen molar-refractivity contribution in [1.82, 2.24) is 0 Å². The van der Waals surface area contributed by atoms with E-state index in [4.69, 9.17) is 4.74 Å². The maximum absolute atomic E-state index is 10.8. The molecule has 1 aromatic rings. The molecule has 0 bridgehead atoms. The van der Waals surface area contributed by atoms with E-state index in [0.717, 1.165) is 12.1 Å². The van der Waals surface area contributed by atoms with E-state index in [-0.39, 0.29) is 16.7 Å².